The van der Waals surface area contributed by atoms with Gasteiger partial charge in [-0.3, -0.25) is 0 Å². The zero-order valence-corrected chi connectivity index (χ0v) is 11.8. The molecule has 0 saturated heterocycles. The lowest BCUT2D eigenvalue weighted by atomic mass is 10.2. The molecule has 0 bridgehead atoms. The maximum absolute atomic E-state index is 13.7. The summed E-state index contributed by atoms with van der Waals surface area (Å²) in [7, 11) is 0. The fraction of sp³-hybridized carbons (Fsp3) is 0.133. The number of nitrogen functional groups attached to an aromatic ring is 1. The molecule has 0 saturated carbocycles. The first-order valence-electron chi connectivity index (χ1n) is 6.25. The molecule has 2 aromatic carbocycles. The summed E-state index contributed by atoms with van der Waals surface area (Å²) >= 11 is 1.45. The fourth-order valence-corrected chi connectivity index (χ4v) is 2.97. The number of fused-ring (bicyclic) bond motifs is 1. The summed E-state index contributed by atoms with van der Waals surface area (Å²) in [5, 5.41) is 0.772. The highest BCUT2D eigenvalue weighted by atomic mass is 32.2. The summed E-state index contributed by atoms with van der Waals surface area (Å²) in [6.45, 7) is 2.03. The predicted molar refractivity (Wildman–Crippen MR) is 81.2 cm³/mol. The molecule has 0 aliphatic carbocycles. The molecule has 3 N–H and O–H groups in total. The van der Waals surface area contributed by atoms with Gasteiger partial charge in [-0.05, 0) is 36.8 Å². The summed E-state index contributed by atoms with van der Waals surface area (Å²) in [5.41, 5.74) is 9.88. The highest BCUT2D eigenvalue weighted by molar-refractivity contribution is 7.98. The molecule has 102 valence electrons. The van der Waals surface area contributed by atoms with Crippen LogP contribution in [0.2, 0.25) is 0 Å². The lowest BCUT2D eigenvalue weighted by Crippen LogP contribution is -1.96. The molecule has 0 atom stereocenters. The fourth-order valence-electron chi connectivity index (χ4n) is 2.04. The SMILES string of the molecule is Cc1ccc2nc(SCc3c(N)cccc3F)[nH]c2c1. The summed E-state index contributed by atoms with van der Waals surface area (Å²) in [6.07, 6.45) is 0. The van der Waals surface area contributed by atoms with Crippen LogP contribution in [0.1, 0.15) is 11.1 Å². The number of aromatic nitrogens is 2. The first-order valence-corrected chi connectivity index (χ1v) is 7.24. The Bertz CT molecular complexity index is 747. The van der Waals surface area contributed by atoms with Crippen LogP contribution in [0.5, 0.6) is 0 Å². The van der Waals surface area contributed by atoms with Crippen molar-refractivity contribution in [1.82, 2.24) is 9.97 Å². The van der Waals surface area contributed by atoms with Crippen LogP contribution >= 0.6 is 11.8 Å². The van der Waals surface area contributed by atoms with E-state index in [1.165, 1.54) is 23.4 Å². The minimum atomic E-state index is -0.274. The van der Waals surface area contributed by atoms with Crippen LogP contribution in [0.4, 0.5) is 10.1 Å². The smallest absolute Gasteiger partial charge is 0.166 e. The van der Waals surface area contributed by atoms with Crippen molar-refractivity contribution >= 4 is 28.5 Å². The van der Waals surface area contributed by atoms with Crippen molar-refractivity contribution in [2.75, 3.05) is 5.73 Å². The van der Waals surface area contributed by atoms with E-state index in [9.17, 15) is 4.39 Å². The molecular formula is C15H14FN3S. The number of H-pyrrole nitrogens is 1. The van der Waals surface area contributed by atoms with E-state index in [0.717, 1.165) is 16.2 Å². The maximum Gasteiger partial charge on any atom is 0.166 e. The number of halogens is 1. The van der Waals surface area contributed by atoms with Gasteiger partial charge in [0.15, 0.2) is 5.16 Å². The molecule has 3 rings (SSSR count). The molecule has 1 heterocycles. The molecule has 0 aliphatic rings. The minimum absolute atomic E-state index is 0.274. The van der Waals surface area contributed by atoms with E-state index in [1.54, 1.807) is 12.1 Å². The standard InChI is InChI=1S/C15H14FN3S/c1-9-5-6-13-14(7-9)19-15(18-13)20-8-10-11(16)3-2-4-12(10)17/h2-7H,8,17H2,1H3,(H,18,19). The van der Waals surface area contributed by atoms with Crippen molar-refractivity contribution < 1.29 is 4.39 Å². The summed E-state index contributed by atoms with van der Waals surface area (Å²) in [4.78, 5) is 7.71. The number of benzene rings is 2. The number of thioether (sulfide) groups is 1. The van der Waals surface area contributed by atoms with Gasteiger partial charge in [0.1, 0.15) is 5.82 Å². The lowest BCUT2D eigenvalue weighted by Gasteiger charge is -2.04. The monoisotopic (exact) mass is 287 g/mol. The van der Waals surface area contributed by atoms with Gasteiger partial charge < -0.3 is 10.7 Å². The van der Waals surface area contributed by atoms with Crippen molar-refractivity contribution in [1.29, 1.82) is 0 Å². The Morgan fingerprint density at radius 2 is 2.15 bits per heavy atom. The number of anilines is 1. The van der Waals surface area contributed by atoms with Crippen molar-refractivity contribution in [3.63, 3.8) is 0 Å². The number of nitrogens with zero attached hydrogens (tertiary/aromatic N) is 1. The number of aromatic amines is 1. The quantitative estimate of drug-likeness (QED) is 0.567. The second-order valence-corrected chi connectivity index (χ2v) is 5.62. The Morgan fingerprint density at radius 1 is 1.30 bits per heavy atom. The molecular weight excluding hydrogens is 273 g/mol. The van der Waals surface area contributed by atoms with E-state index >= 15 is 0 Å². The third-order valence-electron chi connectivity index (χ3n) is 3.12. The normalized spacial score (nSPS) is 11.1. The number of hydrogen-bond donors (Lipinski definition) is 2. The lowest BCUT2D eigenvalue weighted by molar-refractivity contribution is 0.618. The predicted octanol–water partition coefficient (Wildman–Crippen LogP) is 3.88. The Balaban J connectivity index is 1.83. The first-order chi connectivity index (χ1) is 9.63. The van der Waals surface area contributed by atoms with Gasteiger partial charge >= 0.3 is 0 Å². The Morgan fingerprint density at radius 3 is 2.95 bits per heavy atom. The summed E-state index contributed by atoms with van der Waals surface area (Å²) < 4.78 is 13.7. The average molecular weight is 287 g/mol. The van der Waals surface area contributed by atoms with Gasteiger partial charge in [-0.15, -0.1) is 0 Å². The van der Waals surface area contributed by atoms with Gasteiger partial charge in [0.2, 0.25) is 0 Å². The molecule has 1 aromatic heterocycles. The maximum atomic E-state index is 13.7. The minimum Gasteiger partial charge on any atom is -0.398 e. The third kappa shape index (κ3) is 2.49. The van der Waals surface area contributed by atoms with E-state index in [2.05, 4.69) is 9.97 Å². The van der Waals surface area contributed by atoms with Gasteiger partial charge in [-0.25, -0.2) is 9.37 Å². The largest absolute Gasteiger partial charge is 0.398 e. The van der Waals surface area contributed by atoms with Gasteiger partial charge in [0, 0.05) is 17.0 Å². The average Bonchev–Trinajstić information content (AvgIpc) is 2.80. The molecule has 0 radical (unpaired) electrons. The number of aryl methyl sites for hydroxylation is 1. The van der Waals surface area contributed by atoms with Crippen LogP contribution in [0.25, 0.3) is 11.0 Å². The van der Waals surface area contributed by atoms with Crippen LogP contribution in [-0.2, 0) is 5.75 Å². The zero-order valence-electron chi connectivity index (χ0n) is 11.0. The highest BCUT2D eigenvalue weighted by Gasteiger charge is 2.09. The van der Waals surface area contributed by atoms with E-state index in [-0.39, 0.29) is 5.82 Å². The van der Waals surface area contributed by atoms with Gasteiger partial charge in [-0.1, -0.05) is 23.9 Å². The molecule has 20 heavy (non-hydrogen) atoms. The highest BCUT2D eigenvalue weighted by Crippen LogP contribution is 2.27. The number of imidazole rings is 1. The van der Waals surface area contributed by atoms with Crippen LogP contribution in [-0.4, -0.2) is 9.97 Å². The van der Waals surface area contributed by atoms with Crippen molar-refractivity contribution in [3.05, 3.63) is 53.3 Å². The Hall–Kier alpha value is -2.01. The summed E-state index contributed by atoms with van der Waals surface area (Å²) in [6, 6.07) is 10.8. The summed E-state index contributed by atoms with van der Waals surface area (Å²) in [5.74, 6) is 0.182. The first kappa shape index (κ1) is 13.0. The third-order valence-corrected chi connectivity index (χ3v) is 4.02. The van der Waals surface area contributed by atoms with Crippen molar-refractivity contribution in [2.24, 2.45) is 0 Å². The van der Waals surface area contributed by atoms with E-state index in [0.29, 0.717) is 17.0 Å². The second-order valence-electron chi connectivity index (χ2n) is 4.66. The molecule has 0 fully saturated rings. The topological polar surface area (TPSA) is 54.7 Å². The van der Waals surface area contributed by atoms with Gasteiger partial charge in [-0.2, -0.15) is 0 Å². The molecule has 3 nitrogen and oxygen atoms in total. The molecule has 3 aromatic rings. The van der Waals surface area contributed by atoms with E-state index in [1.807, 2.05) is 25.1 Å². The van der Waals surface area contributed by atoms with Crippen LogP contribution in [0.3, 0.4) is 0 Å². The van der Waals surface area contributed by atoms with Gasteiger partial charge in [0.25, 0.3) is 0 Å². The van der Waals surface area contributed by atoms with E-state index < -0.39 is 0 Å². The molecule has 0 spiro atoms. The Kier molecular flexibility index (Phi) is 3.36. The number of nitrogens with two attached hydrogens (primary N) is 1. The van der Waals surface area contributed by atoms with Gasteiger partial charge in [0.05, 0.1) is 11.0 Å². The number of rotatable bonds is 3. The van der Waals surface area contributed by atoms with Crippen molar-refractivity contribution in [2.45, 2.75) is 17.8 Å². The second kappa shape index (κ2) is 5.17. The van der Waals surface area contributed by atoms with E-state index in [4.69, 9.17) is 5.73 Å². The van der Waals surface area contributed by atoms with Crippen LogP contribution in [0.15, 0.2) is 41.6 Å². The molecule has 0 aliphatic heterocycles. The molecule has 0 amide bonds. The Labute approximate surface area is 120 Å². The van der Waals surface area contributed by atoms with Crippen molar-refractivity contribution in [3.8, 4) is 0 Å². The molecule has 0 unspecified atom stereocenters. The number of nitrogens with one attached hydrogen (secondary N) is 1. The van der Waals surface area contributed by atoms with Crippen LogP contribution in [0, 0.1) is 12.7 Å². The number of hydrogen-bond acceptors (Lipinski definition) is 3. The molecule has 5 heteroatoms. The zero-order chi connectivity index (χ0) is 14.1. The van der Waals surface area contributed by atoms with Crippen LogP contribution < -0.4 is 5.73 Å².